The van der Waals surface area contributed by atoms with Gasteiger partial charge in [0.2, 0.25) is 5.95 Å². The number of amides is 1. The summed E-state index contributed by atoms with van der Waals surface area (Å²) in [4.78, 5) is 23.4. The van der Waals surface area contributed by atoms with Crippen molar-refractivity contribution in [3.05, 3.63) is 36.0 Å². The maximum atomic E-state index is 12.7. The molecule has 2 aromatic rings. The van der Waals surface area contributed by atoms with E-state index in [0.29, 0.717) is 29.1 Å². The highest BCUT2D eigenvalue weighted by Gasteiger charge is 2.23. The van der Waals surface area contributed by atoms with E-state index in [1.165, 1.54) is 0 Å². The first-order valence-corrected chi connectivity index (χ1v) is 9.79. The van der Waals surface area contributed by atoms with Gasteiger partial charge in [-0.05, 0) is 43.9 Å². The highest BCUT2D eigenvalue weighted by atomic mass is 16.5. The van der Waals surface area contributed by atoms with E-state index in [2.05, 4.69) is 20.6 Å². The fourth-order valence-electron chi connectivity index (χ4n) is 3.44. The lowest BCUT2D eigenvalue weighted by molar-refractivity contribution is 0.0926. The average Bonchev–Trinajstić information content (AvgIpc) is 2.74. The Balaban J connectivity index is 1.53. The predicted octanol–water partition coefficient (Wildman–Crippen LogP) is 2.71. The summed E-state index contributed by atoms with van der Waals surface area (Å²) in [6.45, 7) is 0. The molecule has 0 radical (unpaired) electrons. The molecule has 0 bridgehead atoms. The van der Waals surface area contributed by atoms with Crippen LogP contribution in [0.15, 0.2) is 30.5 Å². The first kappa shape index (κ1) is 20.7. The Morgan fingerprint density at radius 1 is 1.03 bits per heavy atom. The van der Waals surface area contributed by atoms with Crippen molar-refractivity contribution in [3.8, 4) is 11.5 Å². The number of ether oxygens (including phenoxy) is 2. The molecule has 0 aliphatic heterocycles. The smallest absolute Gasteiger partial charge is 0.251 e. The molecule has 8 heteroatoms. The fraction of sp³-hybridized carbons (Fsp3) is 0.476. The highest BCUT2D eigenvalue weighted by molar-refractivity contribution is 5.95. The minimum absolute atomic E-state index is 0.111. The monoisotopic (exact) mass is 399 g/mol. The van der Waals surface area contributed by atoms with Crippen molar-refractivity contribution in [3.63, 3.8) is 0 Å². The molecule has 1 amide bonds. The Hall–Kier alpha value is -3.03. The van der Waals surface area contributed by atoms with Gasteiger partial charge in [0.05, 0.1) is 14.2 Å². The minimum Gasteiger partial charge on any atom is -0.497 e. The molecule has 29 heavy (non-hydrogen) atoms. The second kappa shape index (κ2) is 9.45. The van der Waals surface area contributed by atoms with Crippen molar-refractivity contribution >= 4 is 17.7 Å². The molecule has 2 N–H and O–H groups in total. The largest absolute Gasteiger partial charge is 0.497 e. The van der Waals surface area contributed by atoms with E-state index in [1.807, 2.05) is 25.1 Å². The molecule has 1 aliphatic carbocycles. The van der Waals surface area contributed by atoms with Crippen molar-refractivity contribution < 1.29 is 14.3 Å². The van der Waals surface area contributed by atoms with Crippen LogP contribution in [0.5, 0.6) is 11.5 Å². The summed E-state index contributed by atoms with van der Waals surface area (Å²) < 4.78 is 10.5. The van der Waals surface area contributed by atoms with Gasteiger partial charge in [0, 0.05) is 44.0 Å². The van der Waals surface area contributed by atoms with Crippen molar-refractivity contribution in [2.24, 2.45) is 0 Å². The van der Waals surface area contributed by atoms with Crippen molar-refractivity contribution in [1.29, 1.82) is 0 Å². The number of anilines is 2. The van der Waals surface area contributed by atoms with Crippen LogP contribution in [0.4, 0.5) is 11.8 Å². The lowest BCUT2D eigenvalue weighted by Crippen LogP contribution is -2.40. The van der Waals surface area contributed by atoms with Gasteiger partial charge in [-0.3, -0.25) is 4.79 Å². The van der Waals surface area contributed by atoms with E-state index >= 15 is 0 Å². The van der Waals surface area contributed by atoms with Crippen LogP contribution >= 0.6 is 0 Å². The number of methoxy groups -OCH3 is 2. The summed E-state index contributed by atoms with van der Waals surface area (Å²) in [5.41, 5.74) is 0.537. The van der Waals surface area contributed by atoms with Crippen molar-refractivity contribution in [2.45, 2.75) is 37.8 Å². The van der Waals surface area contributed by atoms with Crippen molar-refractivity contribution in [2.75, 3.05) is 38.5 Å². The molecule has 0 saturated heterocycles. The van der Waals surface area contributed by atoms with E-state index in [1.54, 1.807) is 38.6 Å². The Bertz CT molecular complexity index is 813. The lowest BCUT2D eigenvalue weighted by Gasteiger charge is -2.29. The maximum absolute atomic E-state index is 12.7. The molecule has 156 valence electrons. The first-order valence-electron chi connectivity index (χ1n) is 9.79. The predicted molar refractivity (Wildman–Crippen MR) is 113 cm³/mol. The number of nitrogens with one attached hydrogen (secondary N) is 2. The van der Waals surface area contributed by atoms with Gasteiger partial charge in [0.1, 0.15) is 17.3 Å². The lowest BCUT2D eigenvalue weighted by atomic mass is 9.91. The van der Waals surface area contributed by atoms with Crippen LogP contribution in [0.2, 0.25) is 0 Å². The Labute approximate surface area is 171 Å². The molecule has 0 atom stereocenters. The third-order valence-corrected chi connectivity index (χ3v) is 5.11. The summed E-state index contributed by atoms with van der Waals surface area (Å²) in [5, 5.41) is 6.55. The normalized spacial score (nSPS) is 18.6. The van der Waals surface area contributed by atoms with E-state index in [0.717, 1.165) is 31.5 Å². The fourth-order valence-corrected chi connectivity index (χ4v) is 3.44. The van der Waals surface area contributed by atoms with E-state index in [9.17, 15) is 4.79 Å². The minimum atomic E-state index is -0.111. The van der Waals surface area contributed by atoms with Crippen LogP contribution in [0.25, 0.3) is 0 Å². The van der Waals surface area contributed by atoms with Crippen LogP contribution < -0.4 is 25.0 Å². The molecule has 3 rings (SSSR count). The summed E-state index contributed by atoms with van der Waals surface area (Å²) >= 11 is 0. The van der Waals surface area contributed by atoms with Gasteiger partial charge in [0.25, 0.3) is 5.91 Å². The van der Waals surface area contributed by atoms with E-state index in [4.69, 9.17) is 9.47 Å². The number of hydrogen-bond donors (Lipinski definition) is 2. The van der Waals surface area contributed by atoms with Gasteiger partial charge in [-0.2, -0.15) is 4.98 Å². The molecule has 1 aliphatic rings. The van der Waals surface area contributed by atoms with Gasteiger partial charge >= 0.3 is 0 Å². The molecule has 1 aromatic heterocycles. The molecule has 0 unspecified atom stereocenters. The summed E-state index contributed by atoms with van der Waals surface area (Å²) in [7, 11) is 7.06. The van der Waals surface area contributed by atoms with Gasteiger partial charge in [0.15, 0.2) is 0 Å². The summed E-state index contributed by atoms with van der Waals surface area (Å²) in [6.07, 6.45) is 5.46. The Morgan fingerprint density at radius 2 is 1.66 bits per heavy atom. The third kappa shape index (κ3) is 5.49. The number of hydrogen-bond acceptors (Lipinski definition) is 7. The molecule has 1 aromatic carbocycles. The summed E-state index contributed by atoms with van der Waals surface area (Å²) in [6, 6.07) is 7.52. The SMILES string of the molecule is COc1cc(OC)cc(C(=O)N[C@H]2CC[C@@H](Nc3nccc(N(C)C)n3)CC2)c1. The topological polar surface area (TPSA) is 88.6 Å². The Kier molecular flexibility index (Phi) is 6.74. The third-order valence-electron chi connectivity index (χ3n) is 5.11. The average molecular weight is 399 g/mol. The number of rotatable bonds is 7. The molecule has 0 spiro atoms. The number of benzene rings is 1. The van der Waals surface area contributed by atoms with Gasteiger partial charge < -0.3 is 25.0 Å². The zero-order valence-corrected chi connectivity index (χ0v) is 17.4. The second-order valence-electron chi connectivity index (χ2n) is 7.40. The zero-order chi connectivity index (χ0) is 20.8. The number of carbonyl (C=O) groups excluding carboxylic acids is 1. The number of carbonyl (C=O) groups is 1. The molecule has 1 fully saturated rings. The van der Waals surface area contributed by atoms with Gasteiger partial charge in [-0.25, -0.2) is 4.98 Å². The quantitative estimate of drug-likeness (QED) is 0.740. The van der Waals surface area contributed by atoms with Crippen molar-refractivity contribution in [1.82, 2.24) is 15.3 Å². The van der Waals surface area contributed by atoms with E-state index in [-0.39, 0.29) is 11.9 Å². The molecule has 1 saturated carbocycles. The van der Waals surface area contributed by atoms with Gasteiger partial charge in [-0.1, -0.05) is 0 Å². The first-order chi connectivity index (χ1) is 14.0. The molecular formula is C21H29N5O3. The Morgan fingerprint density at radius 3 is 2.24 bits per heavy atom. The zero-order valence-electron chi connectivity index (χ0n) is 17.4. The number of nitrogens with zero attached hydrogens (tertiary/aromatic N) is 3. The van der Waals surface area contributed by atoms with Crippen LogP contribution in [-0.2, 0) is 0 Å². The molecular weight excluding hydrogens is 370 g/mol. The van der Waals surface area contributed by atoms with Crippen LogP contribution in [0.3, 0.4) is 0 Å². The second-order valence-corrected chi connectivity index (χ2v) is 7.40. The van der Waals surface area contributed by atoms with Gasteiger partial charge in [-0.15, -0.1) is 0 Å². The van der Waals surface area contributed by atoms with Crippen LogP contribution in [-0.4, -0.2) is 56.3 Å². The summed E-state index contributed by atoms with van der Waals surface area (Å²) in [5.74, 6) is 2.61. The van der Waals surface area contributed by atoms with Crippen LogP contribution in [0, 0.1) is 0 Å². The molecule has 8 nitrogen and oxygen atoms in total. The standard InChI is InChI=1S/C21H29N5O3/c1-26(2)19-9-10-22-21(25-19)24-16-7-5-15(6-8-16)23-20(27)14-11-17(28-3)13-18(12-14)29-4/h9-13,15-16H,5-8H2,1-4H3,(H,23,27)(H,22,24,25)/t15-,16+. The maximum Gasteiger partial charge on any atom is 0.251 e. The van der Waals surface area contributed by atoms with Crippen LogP contribution in [0.1, 0.15) is 36.0 Å². The highest BCUT2D eigenvalue weighted by Crippen LogP contribution is 2.25. The molecule has 1 heterocycles. The number of aromatic nitrogens is 2. The van der Waals surface area contributed by atoms with E-state index < -0.39 is 0 Å².